The van der Waals surface area contributed by atoms with E-state index < -0.39 is 0 Å². The zero-order valence-corrected chi connectivity index (χ0v) is 15.4. The summed E-state index contributed by atoms with van der Waals surface area (Å²) in [5, 5.41) is 6.13. The van der Waals surface area contributed by atoms with Gasteiger partial charge >= 0.3 is 0 Å². The Labute approximate surface area is 155 Å². The fraction of sp³-hybridized carbons (Fsp3) is 0.211. The molecule has 0 saturated carbocycles. The molecular weight excluding hydrogens is 350 g/mol. The second kappa shape index (κ2) is 7.97. The number of benzene rings is 2. The first-order valence-electron chi connectivity index (χ1n) is 8.14. The predicted octanol–water partition coefficient (Wildman–Crippen LogP) is 3.83. The summed E-state index contributed by atoms with van der Waals surface area (Å²) in [5.74, 6) is 0.568. The maximum absolute atomic E-state index is 12.2. The summed E-state index contributed by atoms with van der Waals surface area (Å²) in [4.78, 5) is 27.7. The highest BCUT2D eigenvalue weighted by Gasteiger charge is 2.09. The largest absolute Gasteiger partial charge is 0.497 e. The van der Waals surface area contributed by atoms with Crippen LogP contribution in [0.15, 0.2) is 42.5 Å². The lowest BCUT2D eigenvalue weighted by Crippen LogP contribution is -2.12. The lowest BCUT2D eigenvalue weighted by molar-refractivity contribution is -0.116. The van der Waals surface area contributed by atoms with Crippen molar-refractivity contribution in [2.75, 3.05) is 17.7 Å². The molecule has 0 radical (unpaired) electrons. The van der Waals surface area contributed by atoms with E-state index in [2.05, 4.69) is 15.6 Å². The minimum Gasteiger partial charge on any atom is -0.497 e. The van der Waals surface area contributed by atoms with Crippen LogP contribution in [0.5, 0.6) is 5.75 Å². The number of aryl methyl sites for hydroxylation is 1. The average Bonchev–Trinajstić information content (AvgIpc) is 3.01. The van der Waals surface area contributed by atoms with Gasteiger partial charge in [-0.15, -0.1) is 0 Å². The molecular formula is C19H19N3O3S. The van der Waals surface area contributed by atoms with E-state index in [0.717, 1.165) is 21.5 Å². The average molecular weight is 369 g/mol. The molecule has 0 bridgehead atoms. The third kappa shape index (κ3) is 4.58. The number of carbonyl (C=O) groups is 2. The first-order valence-corrected chi connectivity index (χ1v) is 8.96. The smallest absolute Gasteiger partial charge is 0.226 e. The Balaban J connectivity index is 1.62. The van der Waals surface area contributed by atoms with Crippen molar-refractivity contribution in [1.82, 2.24) is 4.98 Å². The van der Waals surface area contributed by atoms with E-state index in [-0.39, 0.29) is 11.8 Å². The topological polar surface area (TPSA) is 80.3 Å². The third-order valence-electron chi connectivity index (χ3n) is 3.73. The molecule has 0 aliphatic carbocycles. The molecule has 0 fully saturated rings. The molecule has 2 amide bonds. The maximum atomic E-state index is 12.2. The molecule has 7 heteroatoms. The Morgan fingerprint density at radius 2 is 2.00 bits per heavy atom. The van der Waals surface area contributed by atoms with Crippen molar-refractivity contribution in [1.29, 1.82) is 0 Å². The lowest BCUT2D eigenvalue weighted by atomic mass is 10.1. The van der Waals surface area contributed by atoms with Crippen LogP contribution in [0.4, 0.5) is 10.8 Å². The van der Waals surface area contributed by atoms with Crippen molar-refractivity contribution in [3.63, 3.8) is 0 Å². The number of nitrogens with zero attached hydrogens (tertiary/aromatic N) is 1. The van der Waals surface area contributed by atoms with Crippen molar-refractivity contribution >= 4 is 44.2 Å². The summed E-state index contributed by atoms with van der Waals surface area (Å²) in [5.41, 5.74) is 2.54. The number of amides is 2. The summed E-state index contributed by atoms with van der Waals surface area (Å²) in [6.45, 7) is 1.46. The highest BCUT2D eigenvalue weighted by Crippen LogP contribution is 2.28. The standard InChI is InChI=1S/C19H19N3O3S/c1-12(23)20-14-7-8-16-17(11-14)26-19(21-16)22-18(24)9-6-13-4-3-5-15(10-13)25-2/h3-5,7-8,10-11H,6,9H2,1-2H3,(H,20,23)(H,21,22,24). The van der Waals surface area contributed by atoms with E-state index in [1.807, 2.05) is 36.4 Å². The molecule has 2 aromatic carbocycles. The Morgan fingerprint density at radius 1 is 1.15 bits per heavy atom. The number of aromatic nitrogens is 1. The van der Waals surface area contributed by atoms with E-state index >= 15 is 0 Å². The SMILES string of the molecule is COc1cccc(CCC(=O)Nc2nc3ccc(NC(C)=O)cc3s2)c1. The van der Waals surface area contributed by atoms with Crippen LogP contribution in [0, 0.1) is 0 Å². The van der Waals surface area contributed by atoms with Crippen LogP contribution in [0.1, 0.15) is 18.9 Å². The minimum absolute atomic E-state index is 0.0889. The number of carbonyl (C=O) groups excluding carboxylic acids is 2. The molecule has 6 nitrogen and oxygen atoms in total. The van der Waals surface area contributed by atoms with Crippen molar-refractivity contribution in [3.8, 4) is 5.75 Å². The summed E-state index contributed by atoms with van der Waals surface area (Å²) >= 11 is 1.38. The molecule has 0 aliphatic rings. The monoisotopic (exact) mass is 369 g/mol. The number of fused-ring (bicyclic) bond motifs is 1. The van der Waals surface area contributed by atoms with Crippen molar-refractivity contribution in [2.45, 2.75) is 19.8 Å². The van der Waals surface area contributed by atoms with Gasteiger partial charge in [0, 0.05) is 19.0 Å². The molecule has 0 atom stereocenters. The number of hydrogen-bond donors (Lipinski definition) is 2. The predicted molar refractivity (Wildman–Crippen MR) is 104 cm³/mol. The van der Waals surface area contributed by atoms with Crippen LogP contribution in [0.3, 0.4) is 0 Å². The van der Waals surface area contributed by atoms with Gasteiger partial charge in [0.1, 0.15) is 5.75 Å². The first kappa shape index (κ1) is 17.9. The molecule has 1 heterocycles. The summed E-state index contributed by atoms with van der Waals surface area (Å²) in [6, 6.07) is 13.1. The Bertz CT molecular complexity index is 952. The number of methoxy groups -OCH3 is 1. The number of hydrogen-bond acceptors (Lipinski definition) is 5. The molecule has 26 heavy (non-hydrogen) atoms. The molecule has 0 aliphatic heterocycles. The Kier molecular flexibility index (Phi) is 5.48. The molecule has 0 unspecified atom stereocenters. The van der Waals surface area contributed by atoms with E-state index in [0.29, 0.717) is 23.7 Å². The van der Waals surface area contributed by atoms with Crippen LogP contribution in [0.25, 0.3) is 10.2 Å². The van der Waals surface area contributed by atoms with E-state index in [4.69, 9.17) is 4.74 Å². The molecule has 3 rings (SSSR count). The first-order chi connectivity index (χ1) is 12.5. The zero-order valence-electron chi connectivity index (χ0n) is 14.5. The number of ether oxygens (including phenoxy) is 1. The number of thiazole rings is 1. The fourth-order valence-corrected chi connectivity index (χ4v) is 3.45. The molecule has 134 valence electrons. The van der Waals surface area contributed by atoms with Gasteiger partial charge in [-0.2, -0.15) is 0 Å². The van der Waals surface area contributed by atoms with Crippen LogP contribution < -0.4 is 15.4 Å². The van der Waals surface area contributed by atoms with Crippen LogP contribution in [0.2, 0.25) is 0 Å². The van der Waals surface area contributed by atoms with Gasteiger partial charge in [0.2, 0.25) is 11.8 Å². The van der Waals surface area contributed by atoms with Gasteiger partial charge in [-0.25, -0.2) is 4.98 Å². The minimum atomic E-state index is -0.125. The maximum Gasteiger partial charge on any atom is 0.226 e. The quantitative estimate of drug-likeness (QED) is 0.692. The molecule has 2 N–H and O–H groups in total. The van der Waals surface area contributed by atoms with Gasteiger partial charge in [-0.3, -0.25) is 9.59 Å². The van der Waals surface area contributed by atoms with Gasteiger partial charge in [0.15, 0.2) is 5.13 Å². The Morgan fingerprint density at radius 3 is 2.77 bits per heavy atom. The van der Waals surface area contributed by atoms with Crippen molar-refractivity contribution in [2.24, 2.45) is 0 Å². The van der Waals surface area contributed by atoms with E-state index in [1.165, 1.54) is 18.3 Å². The number of nitrogens with one attached hydrogen (secondary N) is 2. The van der Waals surface area contributed by atoms with Gasteiger partial charge in [0.25, 0.3) is 0 Å². The highest BCUT2D eigenvalue weighted by atomic mass is 32.1. The zero-order chi connectivity index (χ0) is 18.5. The third-order valence-corrected chi connectivity index (χ3v) is 4.66. The lowest BCUT2D eigenvalue weighted by Gasteiger charge is -2.04. The molecule has 3 aromatic rings. The van der Waals surface area contributed by atoms with Gasteiger partial charge in [0.05, 0.1) is 17.3 Å². The van der Waals surface area contributed by atoms with Crippen LogP contribution in [-0.4, -0.2) is 23.9 Å². The second-order valence-electron chi connectivity index (χ2n) is 5.78. The number of anilines is 2. The fourth-order valence-electron chi connectivity index (χ4n) is 2.53. The molecule has 0 saturated heterocycles. The second-order valence-corrected chi connectivity index (χ2v) is 6.81. The van der Waals surface area contributed by atoms with E-state index in [9.17, 15) is 9.59 Å². The van der Waals surface area contributed by atoms with E-state index in [1.54, 1.807) is 13.2 Å². The van der Waals surface area contributed by atoms with Crippen LogP contribution in [-0.2, 0) is 16.0 Å². The summed E-state index contributed by atoms with van der Waals surface area (Å²) in [6.07, 6.45) is 0.987. The van der Waals surface area contributed by atoms with Gasteiger partial charge < -0.3 is 15.4 Å². The number of rotatable bonds is 6. The summed E-state index contributed by atoms with van der Waals surface area (Å²) < 4.78 is 6.09. The van der Waals surface area contributed by atoms with Gasteiger partial charge in [-0.1, -0.05) is 23.5 Å². The molecule has 0 spiro atoms. The van der Waals surface area contributed by atoms with Crippen LogP contribution >= 0.6 is 11.3 Å². The summed E-state index contributed by atoms with van der Waals surface area (Å²) in [7, 11) is 1.62. The highest BCUT2D eigenvalue weighted by molar-refractivity contribution is 7.22. The molecule has 1 aromatic heterocycles. The normalized spacial score (nSPS) is 10.5. The Hall–Kier alpha value is -2.93. The van der Waals surface area contributed by atoms with Crippen molar-refractivity contribution < 1.29 is 14.3 Å². The van der Waals surface area contributed by atoms with Gasteiger partial charge in [-0.05, 0) is 42.3 Å². The van der Waals surface area contributed by atoms with Crippen molar-refractivity contribution in [3.05, 3.63) is 48.0 Å².